The maximum atomic E-state index is 13.3. The van der Waals surface area contributed by atoms with Gasteiger partial charge in [0, 0.05) is 25.5 Å². The molecule has 0 spiro atoms. The topological polar surface area (TPSA) is 60.2 Å². The smallest absolute Gasteiger partial charge is 0.266 e. The SMILES string of the molecule is Cl.O=C(COc1ccc2ccccc2c1)N(CCCn1ccnc1)c1nc2c(Cl)cccc2s1. The summed E-state index contributed by atoms with van der Waals surface area (Å²) in [6.07, 6.45) is 6.18. The van der Waals surface area contributed by atoms with Crippen molar-refractivity contribution in [2.75, 3.05) is 18.1 Å². The molecule has 0 atom stereocenters. The van der Waals surface area contributed by atoms with Crippen molar-refractivity contribution in [2.45, 2.75) is 13.0 Å². The van der Waals surface area contributed by atoms with Crippen molar-refractivity contribution in [2.24, 2.45) is 0 Å². The second kappa shape index (κ2) is 10.9. The Hall–Kier alpha value is -3.13. The van der Waals surface area contributed by atoms with Crippen molar-refractivity contribution >= 4 is 67.4 Å². The van der Waals surface area contributed by atoms with Crippen molar-refractivity contribution in [1.82, 2.24) is 14.5 Å². The number of aromatic nitrogens is 3. The molecule has 5 aromatic rings. The summed E-state index contributed by atoms with van der Waals surface area (Å²) in [6, 6.07) is 19.5. The average molecular weight is 513 g/mol. The summed E-state index contributed by atoms with van der Waals surface area (Å²) in [5.74, 6) is 0.511. The van der Waals surface area contributed by atoms with Gasteiger partial charge in [0.05, 0.1) is 16.0 Å². The molecule has 5 rings (SSSR count). The number of para-hydroxylation sites is 1. The lowest BCUT2D eigenvalue weighted by molar-refractivity contribution is -0.120. The minimum absolute atomic E-state index is 0. The van der Waals surface area contributed by atoms with Crippen LogP contribution in [0, 0.1) is 0 Å². The third-order valence-corrected chi connectivity index (χ3v) is 6.68. The average Bonchev–Trinajstić information content (AvgIpc) is 3.51. The number of aryl methyl sites for hydroxylation is 1. The van der Waals surface area contributed by atoms with Gasteiger partial charge in [-0.15, -0.1) is 12.4 Å². The van der Waals surface area contributed by atoms with Crippen LogP contribution in [0.15, 0.2) is 79.4 Å². The number of fused-ring (bicyclic) bond motifs is 2. The summed E-state index contributed by atoms with van der Waals surface area (Å²) < 4.78 is 8.81. The molecule has 2 aromatic heterocycles. The summed E-state index contributed by atoms with van der Waals surface area (Å²) in [5, 5.41) is 3.40. The Morgan fingerprint density at radius 2 is 1.94 bits per heavy atom. The van der Waals surface area contributed by atoms with Crippen LogP contribution in [0.3, 0.4) is 0 Å². The van der Waals surface area contributed by atoms with Gasteiger partial charge >= 0.3 is 0 Å². The van der Waals surface area contributed by atoms with Gasteiger partial charge in [-0.05, 0) is 41.5 Å². The molecule has 9 heteroatoms. The summed E-state index contributed by atoms with van der Waals surface area (Å²) >= 11 is 7.78. The third kappa shape index (κ3) is 5.33. The Bertz CT molecular complexity index is 1400. The Balaban J connectivity index is 0.00000274. The first-order chi connectivity index (χ1) is 16.2. The van der Waals surface area contributed by atoms with E-state index in [4.69, 9.17) is 16.3 Å². The van der Waals surface area contributed by atoms with E-state index >= 15 is 0 Å². The molecular weight excluding hydrogens is 491 g/mol. The van der Waals surface area contributed by atoms with E-state index < -0.39 is 0 Å². The lowest BCUT2D eigenvalue weighted by atomic mass is 10.1. The highest BCUT2D eigenvalue weighted by molar-refractivity contribution is 7.22. The van der Waals surface area contributed by atoms with E-state index in [1.165, 1.54) is 11.3 Å². The molecule has 0 aliphatic rings. The molecule has 6 nitrogen and oxygen atoms in total. The molecule has 0 unspecified atom stereocenters. The van der Waals surface area contributed by atoms with Crippen LogP contribution in [0.4, 0.5) is 5.13 Å². The highest BCUT2D eigenvalue weighted by atomic mass is 35.5. The normalized spacial score (nSPS) is 10.9. The van der Waals surface area contributed by atoms with Crippen LogP contribution in [0.1, 0.15) is 6.42 Å². The molecule has 0 N–H and O–H groups in total. The number of carbonyl (C=O) groups excluding carboxylic acids is 1. The standard InChI is InChI=1S/C25H21ClN4O2S.ClH/c26-21-7-3-8-22-24(21)28-25(33-22)30(13-4-12-29-14-11-27-17-29)23(31)16-32-20-10-9-18-5-1-2-6-19(18)15-20;/h1-3,5-11,14-15,17H,4,12-13,16H2;1H. The highest BCUT2D eigenvalue weighted by Crippen LogP contribution is 2.33. The van der Waals surface area contributed by atoms with Gasteiger partial charge in [-0.3, -0.25) is 9.69 Å². The van der Waals surface area contributed by atoms with Crippen LogP contribution in [0.2, 0.25) is 5.02 Å². The van der Waals surface area contributed by atoms with Crippen LogP contribution in [-0.4, -0.2) is 33.6 Å². The van der Waals surface area contributed by atoms with Gasteiger partial charge in [-0.1, -0.05) is 59.3 Å². The fraction of sp³-hybridized carbons (Fsp3) is 0.160. The number of nitrogens with zero attached hydrogens (tertiary/aromatic N) is 4. The maximum Gasteiger partial charge on any atom is 0.266 e. The second-order valence-electron chi connectivity index (χ2n) is 7.58. The zero-order valence-electron chi connectivity index (χ0n) is 18.1. The van der Waals surface area contributed by atoms with Crippen molar-refractivity contribution in [3.63, 3.8) is 0 Å². The highest BCUT2D eigenvalue weighted by Gasteiger charge is 2.21. The van der Waals surface area contributed by atoms with Crippen molar-refractivity contribution in [3.05, 3.63) is 84.4 Å². The number of imidazole rings is 1. The first-order valence-corrected chi connectivity index (χ1v) is 11.8. The molecule has 2 heterocycles. The van der Waals surface area contributed by atoms with E-state index in [1.54, 1.807) is 23.5 Å². The molecule has 0 aliphatic heterocycles. The van der Waals surface area contributed by atoms with E-state index in [0.717, 1.165) is 28.4 Å². The van der Waals surface area contributed by atoms with Gasteiger partial charge in [-0.2, -0.15) is 0 Å². The van der Waals surface area contributed by atoms with Gasteiger partial charge in [-0.25, -0.2) is 9.97 Å². The maximum absolute atomic E-state index is 13.3. The van der Waals surface area contributed by atoms with E-state index in [-0.39, 0.29) is 24.9 Å². The summed E-state index contributed by atoms with van der Waals surface area (Å²) in [4.78, 5) is 23.7. The Morgan fingerprint density at radius 3 is 2.74 bits per heavy atom. The molecule has 0 aliphatic carbocycles. The molecule has 0 bridgehead atoms. The van der Waals surface area contributed by atoms with Crippen LogP contribution >= 0.6 is 35.3 Å². The number of carbonyl (C=O) groups is 1. The molecule has 0 fully saturated rings. The number of ether oxygens (including phenoxy) is 1. The molecule has 3 aromatic carbocycles. The van der Waals surface area contributed by atoms with Crippen molar-refractivity contribution in [1.29, 1.82) is 0 Å². The van der Waals surface area contributed by atoms with Crippen molar-refractivity contribution in [3.8, 4) is 5.75 Å². The Kier molecular flexibility index (Phi) is 7.67. The van der Waals surface area contributed by atoms with E-state index in [1.807, 2.05) is 65.4 Å². The van der Waals surface area contributed by atoms with Gasteiger partial charge in [0.2, 0.25) is 0 Å². The zero-order chi connectivity index (χ0) is 22.6. The van der Waals surface area contributed by atoms with Gasteiger partial charge < -0.3 is 9.30 Å². The monoisotopic (exact) mass is 512 g/mol. The predicted molar refractivity (Wildman–Crippen MR) is 141 cm³/mol. The van der Waals surface area contributed by atoms with E-state index in [2.05, 4.69) is 9.97 Å². The Labute approximate surface area is 212 Å². The first kappa shape index (κ1) is 24.0. The summed E-state index contributed by atoms with van der Waals surface area (Å²) in [7, 11) is 0. The van der Waals surface area contributed by atoms with Gasteiger partial charge in [0.15, 0.2) is 11.7 Å². The molecular formula is C25H22Cl2N4O2S. The van der Waals surface area contributed by atoms with E-state index in [9.17, 15) is 4.79 Å². The van der Waals surface area contributed by atoms with Crippen LogP contribution in [0.5, 0.6) is 5.75 Å². The molecule has 174 valence electrons. The number of hydrogen-bond donors (Lipinski definition) is 0. The molecule has 1 amide bonds. The number of halogens is 2. The number of rotatable bonds is 8. The third-order valence-electron chi connectivity index (χ3n) is 5.33. The fourth-order valence-corrected chi connectivity index (χ4v) is 4.96. The number of amides is 1. The van der Waals surface area contributed by atoms with Crippen LogP contribution in [-0.2, 0) is 11.3 Å². The molecule has 0 saturated carbocycles. The number of benzene rings is 3. The predicted octanol–water partition coefficient (Wildman–Crippen LogP) is 6.22. The summed E-state index contributed by atoms with van der Waals surface area (Å²) in [6.45, 7) is 1.18. The van der Waals surface area contributed by atoms with Crippen molar-refractivity contribution < 1.29 is 9.53 Å². The lowest BCUT2D eigenvalue weighted by Crippen LogP contribution is -2.36. The lowest BCUT2D eigenvalue weighted by Gasteiger charge is -2.20. The van der Waals surface area contributed by atoms with E-state index in [0.29, 0.717) is 28.0 Å². The largest absolute Gasteiger partial charge is 0.484 e. The van der Waals surface area contributed by atoms with Crippen LogP contribution < -0.4 is 9.64 Å². The number of hydrogen-bond acceptors (Lipinski definition) is 5. The summed E-state index contributed by atoms with van der Waals surface area (Å²) in [5.41, 5.74) is 0.710. The quantitative estimate of drug-likeness (QED) is 0.247. The zero-order valence-corrected chi connectivity index (χ0v) is 20.5. The van der Waals surface area contributed by atoms with Gasteiger partial charge in [0.25, 0.3) is 5.91 Å². The number of thiazole rings is 1. The minimum atomic E-state index is -0.149. The Morgan fingerprint density at radius 1 is 1.09 bits per heavy atom. The molecule has 0 radical (unpaired) electrons. The first-order valence-electron chi connectivity index (χ1n) is 10.6. The minimum Gasteiger partial charge on any atom is -0.484 e. The van der Waals surface area contributed by atoms with Crippen LogP contribution in [0.25, 0.3) is 21.0 Å². The number of anilines is 1. The molecule has 34 heavy (non-hydrogen) atoms. The fourth-order valence-electron chi connectivity index (χ4n) is 3.66. The van der Waals surface area contributed by atoms with Gasteiger partial charge in [0.1, 0.15) is 11.3 Å². The molecule has 0 saturated heterocycles. The second-order valence-corrected chi connectivity index (χ2v) is 9.00.